The second-order valence-corrected chi connectivity index (χ2v) is 7.72. The van der Waals surface area contributed by atoms with Crippen molar-refractivity contribution in [2.75, 3.05) is 19.1 Å². The van der Waals surface area contributed by atoms with E-state index in [-0.39, 0.29) is 5.75 Å². The molecule has 1 N–H and O–H groups in total. The summed E-state index contributed by atoms with van der Waals surface area (Å²) in [4.78, 5) is 0. The third-order valence-electron chi connectivity index (χ3n) is 3.24. The first-order valence-corrected chi connectivity index (χ1v) is 8.78. The molecule has 0 aliphatic carbocycles. The number of rotatable bonds is 7. The molecule has 0 saturated heterocycles. The molecule has 0 fully saturated rings. The van der Waals surface area contributed by atoms with Gasteiger partial charge in [-0.05, 0) is 45.7 Å². The van der Waals surface area contributed by atoms with E-state index in [1.807, 2.05) is 7.05 Å². The van der Waals surface area contributed by atoms with Crippen molar-refractivity contribution in [2.45, 2.75) is 39.2 Å². The molecular formula is C15H25NO2S. The quantitative estimate of drug-likeness (QED) is 0.835. The highest BCUT2D eigenvalue weighted by atomic mass is 32.2. The highest BCUT2D eigenvalue weighted by Gasteiger charge is 2.10. The van der Waals surface area contributed by atoms with Gasteiger partial charge < -0.3 is 5.32 Å². The predicted molar refractivity (Wildman–Crippen MR) is 81.4 cm³/mol. The molecule has 19 heavy (non-hydrogen) atoms. The Morgan fingerprint density at radius 2 is 1.74 bits per heavy atom. The van der Waals surface area contributed by atoms with Crippen LogP contribution in [-0.4, -0.2) is 33.5 Å². The number of nitrogens with one attached hydrogen (secondary N) is 1. The van der Waals surface area contributed by atoms with Gasteiger partial charge in [0.05, 0.1) is 0 Å². The van der Waals surface area contributed by atoms with Gasteiger partial charge in [-0.25, -0.2) is 8.42 Å². The van der Waals surface area contributed by atoms with Crippen LogP contribution in [0, 0.1) is 13.8 Å². The van der Waals surface area contributed by atoms with Crippen LogP contribution in [0.15, 0.2) is 18.2 Å². The zero-order chi connectivity index (χ0) is 14.5. The number of hydrogen-bond acceptors (Lipinski definition) is 3. The van der Waals surface area contributed by atoms with E-state index < -0.39 is 9.84 Å². The van der Waals surface area contributed by atoms with Gasteiger partial charge >= 0.3 is 0 Å². The van der Waals surface area contributed by atoms with E-state index >= 15 is 0 Å². The molecule has 1 rings (SSSR count). The Morgan fingerprint density at radius 1 is 1.16 bits per heavy atom. The lowest BCUT2D eigenvalue weighted by Crippen LogP contribution is -2.28. The van der Waals surface area contributed by atoms with E-state index in [2.05, 4.69) is 37.4 Å². The number of hydrogen-bond donors (Lipinski definition) is 1. The summed E-state index contributed by atoms with van der Waals surface area (Å²) in [5.41, 5.74) is 3.87. The molecule has 0 aliphatic heterocycles. The molecular weight excluding hydrogens is 258 g/mol. The van der Waals surface area contributed by atoms with Crippen molar-refractivity contribution in [1.29, 1.82) is 0 Å². The predicted octanol–water partition coefficient (Wildman–Crippen LogP) is 2.26. The molecule has 108 valence electrons. The van der Waals surface area contributed by atoms with Crippen molar-refractivity contribution in [1.82, 2.24) is 5.32 Å². The van der Waals surface area contributed by atoms with Crippen molar-refractivity contribution in [2.24, 2.45) is 0 Å². The van der Waals surface area contributed by atoms with Crippen molar-refractivity contribution in [3.05, 3.63) is 34.9 Å². The van der Waals surface area contributed by atoms with Gasteiger partial charge in [-0.2, -0.15) is 0 Å². The van der Waals surface area contributed by atoms with E-state index in [0.29, 0.717) is 6.04 Å². The fourth-order valence-corrected chi connectivity index (χ4v) is 3.10. The van der Waals surface area contributed by atoms with Crippen LogP contribution >= 0.6 is 0 Å². The first-order chi connectivity index (χ1) is 8.80. The molecule has 0 spiro atoms. The van der Waals surface area contributed by atoms with Crippen LogP contribution in [0.4, 0.5) is 0 Å². The van der Waals surface area contributed by atoms with E-state index in [1.54, 1.807) is 0 Å². The smallest absolute Gasteiger partial charge is 0.147 e. The Labute approximate surface area is 117 Å². The lowest BCUT2D eigenvalue weighted by Gasteiger charge is -2.16. The Morgan fingerprint density at radius 3 is 2.21 bits per heavy atom. The third kappa shape index (κ3) is 6.73. The minimum absolute atomic E-state index is 0.276. The summed E-state index contributed by atoms with van der Waals surface area (Å²) in [5.74, 6) is 0.276. The fraction of sp³-hybridized carbons (Fsp3) is 0.600. The van der Waals surface area contributed by atoms with Crippen molar-refractivity contribution >= 4 is 9.84 Å². The molecule has 0 amide bonds. The van der Waals surface area contributed by atoms with Gasteiger partial charge in [-0.15, -0.1) is 0 Å². The summed E-state index contributed by atoms with van der Waals surface area (Å²) in [6, 6.07) is 6.91. The summed E-state index contributed by atoms with van der Waals surface area (Å²) in [7, 11) is -0.904. The number of benzene rings is 1. The molecule has 0 bridgehead atoms. The van der Waals surface area contributed by atoms with Gasteiger partial charge in [-0.3, -0.25) is 0 Å². The van der Waals surface area contributed by atoms with Crippen LogP contribution in [0.1, 0.15) is 29.5 Å². The molecule has 1 aromatic rings. The average Bonchev–Trinajstić information content (AvgIpc) is 2.24. The highest BCUT2D eigenvalue weighted by molar-refractivity contribution is 7.90. The summed E-state index contributed by atoms with van der Waals surface area (Å²) in [6.45, 7) is 4.21. The largest absolute Gasteiger partial charge is 0.317 e. The molecule has 1 aromatic carbocycles. The van der Waals surface area contributed by atoms with E-state index in [4.69, 9.17) is 0 Å². The normalized spacial score (nSPS) is 13.5. The number of likely N-dealkylation sites (N-methyl/N-ethyl adjacent to an activating group) is 1. The Hall–Kier alpha value is -0.870. The summed E-state index contributed by atoms with van der Waals surface area (Å²) in [6.07, 6.45) is 3.85. The van der Waals surface area contributed by atoms with Crippen LogP contribution < -0.4 is 5.32 Å². The minimum atomic E-state index is -2.84. The highest BCUT2D eigenvalue weighted by Crippen LogP contribution is 2.13. The second kappa shape index (κ2) is 7.06. The zero-order valence-corrected chi connectivity index (χ0v) is 13.2. The molecule has 4 heteroatoms. The van der Waals surface area contributed by atoms with Crippen LogP contribution in [0.3, 0.4) is 0 Å². The summed E-state index contributed by atoms with van der Waals surface area (Å²) in [5, 5.41) is 3.28. The maximum absolute atomic E-state index is 11.1. The summed E-state index contributed by atoms with van der Waals surface area (Å²) < 4.78 is 22.3. The standard InChI is InChI=1S/C15H25NO2S/c1-12-8-13(2)10-14(9-12)11-15(16-3)6-5-7-19(4,17)18/h8-10,15-16H,5-7,11H2,1-4H3. The maximum atomic E-state index is 11.1. The molecule has 0 saturated carbocycles. The Bertz CT molecular complexity index is 489. The monoisotopic (exact) mass is 283 g/mol. The van der Waals surface area contributed by atoms with Crippen LogP contribution in [0.2, 0.25) is 0 Å². The lowest BCUT2D eigenvalue weighted by atomic mass is 9.99. The Balaban J connectivity index is 2.56. The van der Waals surface area contributed by atoms with Crippen LogP contribution in [0.5, 0.6) is 0 Å². The van der Waals surface area contributed by atoms with E-state index in [9.17, 15) is 8.42 Å². The van der Waals surface area contributed by atoms with Gasteiger partial charge in [0.1, 0.15) is 9.84 Å². The first kappa shape index (κ1) is 16.2. The number of aryl methyl sites for hydroxylation is 2. The molecule has 0 aliphatic rings. The van der Waals surface area contributed by atoms with Gasteiger partial charge in [0, 0.05) is 18.1 Å². The van der Waals surface area contributed by atoms with Crippen molar-refractivity contribution in [3.63, 3.8) is 0 Å². The fourth-order valence-electron chi connectivity index (χ4n) is 2.41. The molecule has 3 nitrogen and oxygen atoms in total. The lowest BCUT2D eigenvalue weighted by molar-refractivity contribution is 0.511. The molecule has 1 unspecified atom stereocenters. The van der Waals surface area contributed by atoms with Gasteiger partial charge in [0.2, 0.25) is 0 Å². The third-order valence-corrected chi connectivity index (χ3v) is 4.27. The number of sulfone groups is 1. The average molecular weight is 283 g/mol. The SMILES string of the molecule is CNC(CCCS(C)(=O)=O)Cc1cc(C)cc(C)c1. The molecule has 0 radical (unpaired) electrons. The van der Waals surface area contributed by atoms with Gasteiger partial charge in [0.25, 0.3) is 0 Å². The second-order valence-electron chi connectivity index (χ2n) is 5.46. The van der Waals surface area contributed by atoms with Crippen LogP contribution in [-0.2, 0) is 16.3 Å². The van der Waals surface area contributed by atoms with E-state index in [1.165, 1.54) is 22.9 Å². The minimum Gasteiger partial charge on any atom is -0.317 e. The topological polar surface area (TPSA) is 46.2 Å². The van der Waals surface area contributed by atoms with E-state index in [0.717, 1.165) is 19.3 Å². The maximum Gasteiger partial charge on any atom is 0.147 e. The van der Waals surface area contributed by atoms with Gasteiger partial charge in [-0.1, -0.05) is 29.3 Å². The molecule has 0 heterocycles. The molecule has 0 aromatic heterocycles. The Kier molecular flexibility index (Phi) is 6.01. The van der Waals surface area contributed by atoms with Crippen molar-refractivity contribution in [3.8, 4) is 0 Å². The van der Waals surface area contributed by atoms with Crippen LogP contribution in [0.25, 0.3) is 0 Å². The first-order valence-electron chi connectivity index (χ1n) is 6.72. The van der Waals surface area contributed by atoms with Crippen molar-refractivity contribution < 1.29 is 8.42 Å². The van der Waals surface area contributed by atoms with Gasteiger partial charge in [0.15, 0.2) is 0 Å². The summed E-state index contributed by atoms with van der Waals surface area (Å²) >= 11 is 0. The molecule has 1 atom stereocenters. The zero-order valence-electron chi connectivity index (χ0n) is 12.4.